The molecule has 4 nitrogen and oxygen atoms in total. The van der Waals surface area contributed by atoms with Gasteiger partial charge in [0.25, 0.3) is 0 Å². The van der Waals surface area contributed by atoms with E-state index in [0.717, 1.165) is 0 Å². The Bertz CT molecular complexity index is 383. The van der Waals surface area contributed by atoms with Crippen molar-refractivity contribution in [1.82, 2.24) is 5.32 Å². The first-order valence-electron chi connectivity index (χ1n) is 5.14. The Morgan fingerprint density at radius 1 is 1.47 bits per heavy atom. The third-order valence-electron chi connectivity index (χ3n) is 2.37. The summed E-state index contributed by atoms with van der Waals surface area (Å²) in [5, 5.41) is 5.52. The van der Waals surface area contributed by atoms with E-state index in [0.29, 0.717) is 19.8 Å². The molecule has 94 valence electrons. The van der Waals surface area contributed by atoms with E-state index in [4.69, 9.17) is 4.74 Å². The quantitative estimate of drug-likeness (QED) is 0.839. The number of rotatable bonds is 2. The normalized spacial score (nSPS) is 19.2. The smallest absolute Gasteiger partial charge is 0.243 e. The van der Waals surface area contributed by atoms with Crippen LogP contribution >= 0.6 is 12.4 Å². The van der Waals surface area contributed by atoms with E-state index in [1.165, 1.54) is 12.1 Å². The fraction of sp³-hybridized carbons (Fsp3) is 0.364. The molecule has 1 aromatic carbocycles. The zero-order valence-electron chi connectivity index (χ0n) is 9.11. The lowest BCUT2D eigenvalue weighted by Crippen LogP contribution is -2.48. The Balaban J connectivity index is 0.00000144. The molecule has 17 heavy (non-hydrogen) atoms. The van der Waals surface area contributed by atoms with Crippen LogP contribution in [0.1, 0.15) is 0 Å². The fourth-order valence-electron chi connectivity index (χ4n) is 1.52. The van der Waals surface area contributed by atoms with Crippen molar-refractivity contribution < 1.29 is 13.9 Å². The van der Waals surface area contributed by atoms with Gasteiger partial charge in [0, 0.05) is 6.54 Å². The Morgan fingerprint density at radius 3 is 2.88 bits per heavy atom. The molecule has 6 heteroatoms. The highest BCUT2D eigenvalue weighted by Crippen LogP contribution is 2.12. The summed E-state index contributed by atoms with van der Waals surface area (Å²) < 4.78 is 18.4. The molecule has 2 rings (SSSR count). The first kappa shape index (κ1) is 13.9. The van der Waals surface area contributed by atoms with Gasteiger partial charge in [0.1, 0.15) is 11.9 Å². The van der Waals surface area contributed by atoms with Gasteiger partial charge >= 0.3 is 0 Å². The molecule has 0 radical (unpaired) electrons. The summed E-state index contributed by atoms with van der Waals surface area (Å²) in [4.78, 5) is 11.7. The molecule has 0 aliphatic carbocycles. The van der Waals surface area contributed by atoms with Gasteiger partial charge in [0.05, 0.1) is 18.9 Å². The van der Waals surface area contributed by atoms with Crippen molar-refractivity contribution in [3.05, 3.63) is 30.1 Å². The van der Waals surface area contributed by atoms with E-state index in [1.54, 1.807) is 12.1 Å². The number of anilines is 1. The van der Waals surface area contributed by atoms with Crippen LogP contribution in [0.5, 0.6) is 0 Å². The van der Waals surface area contributed by atoms with Crippen LogP contribution in [0.25, 0.3) is 0 Å². The molecule has 0 aromatic heterocycles. The van der Waals surface area contributed by atoms with Gasteiger partial charge in [-0.25, -0.2) is 4.39 Å². The summed E-state index contributed by atoms with van der Waals surface area (Å²) in [6.07, 6.45) is 0. The molecule has 1 heterocycles. The number of hydrogen-bond donors (Lipinski definition) is 2. The first-order valence-corrected chi connectivity index (χ1v) is 5.14. The van der Waals surface area contributed by atoms with Gasteiger partial charge in [0.15, 0.2) is 0 Å². The molecular weight excluding hydrogens is 247 g/mol. The van der Waals surface area contributed by atoms with Crippen LogP contribution in [0.3, 0.4) is 0 Å². The van der Waals surface area contributed by atoms with E-state index in [2.05, 4.69) is 10.6 Å². The van der Waals surface area contributed by atoms with Crippen molar-refractivity contribution in [3.63, 3.8) is 0 Å². The molecule has 1 aliphatic rings. The van der Waals surface area contributed by atoms with Crippen molar-refractivity contribution in [3.8, 4) is 0 Å². The molecule has 0 spiro atoms. The van der Waals surface area contributed by atoms with E-state index in [9.17, 15) is 9.18 Å². The Morgan fingerprint density at radius 2 is 2.24 bits per heavy atom. The molecule has 1 atom stereocenters. The minimum atomic E-state index is -0.437. The number of benzene rings is 1. The average molecular weight is 261 g/mol. The number of para-hydroxylation sites is 1. The molecule has 1 fully saturated rings. The van der Waals surface area contributed by atoms with Crippen LogP contribution in [0.2, 0.25) is 0 Å². The maximum absolute atomic E-state index is 13.3. The monoisotopic (exact) mass is 260 g/mol. The minimum absolute atomic E-state index is 0. The minimum Gasteiger partial charge on any atom is -0.378 e. The average Bonchev–Trinajstić information content (AvgIpc) is 2.33. The molecule has 1 aliphatic heterocycles. The van der Waals surface area contributed by atoms with Crippen molar-refractivity contribution in [1.29, 1.82) is 0 Å². The number of morpholine rings is 1. The highest BCUT2D eigenvalue weighted by molar-refractivity contribution is 5.95. The Labute approximate surface area is 105 Å². The predicted molar refractivity (Wildman–Crippen MR) is 64.9 cm³/mol. The summed E-state index contributed by atoms with van der Waals surface area (Å²) in [7, 11) is 0. The molecule has 1 amide bonds. The second-order valence-corrected chi connectivity index (χ2v) is 3.55. The van der Waals surface area contributed by atoms with Crippen LogP contribution in [-0.4, -0.2) is 31.7 Å². The third kappa shape index (κ3) is 3.66. The third-order valence-corrected chi connectivity index (χ3v) is 2.37. The van der Waals surface area contributed by atoms with Crippen molar-refractivity contribution >= 4 is 24.0 Å². The molecule has 0 saturated carbocycles. The number of halogens is 2. The van der Waals surface area contributed by atoms with Crippen LogP contribution < -0.4 is 10.6 Å². The lowest BCUT2D eigenvalue weighted by molar-refractivity contribution is -0.120. The van der Waals surface area contributed by atoms with Crippen molar-refractivity contribution in [2.45, 2.75) is 6.04 Å². The summed E-state index contributed by atoms with van der Waals surface area (Å²) in [6.45, 7) is 1.55. The number of carbonyl (C=O) groups excluding carboxylic acids is 1. The summed E-state index contributed by atoms with van der Waals surface area (Å²) in [5.74, 6) is -0.711. The fourth-order valence-corrected chi connectivity index (χ4v) is 1.52. The van der Waals surface area contributed by atoms with E-state index < -0.39 is 11.9 Å². The Kier molecular flexibility index (Phi) is 5.34. The summed E-state index contributed by atoms with van der Waals surface area (Å²) in [6, 6.07) is 5.67. The van der Waals surface area contributed by atoms with Gasteiger partial charge in [-0.05, 0) is 12.1 Å². The standard InChI is InChI=1S/C11H13FN2O2.ClH/c12-8-3-1-2-4-9(8)14-11(15)10-7-16-6-5-13-10;/h1-4,10,13H,5-7H2,(H,14,15);1H. The molecule has 1 unspecified atom stereocenters. The van der Waals surface area contributed by atoms with Crippen LogP contribution in [0.15, 0.2) is 24.3 Å². The molecular formula is C11H14ClFN2O2. The topological polar surface area (TPSA) is 50.4 Å². The van der Waals surface area contributed by atoms with Crippen LogP contribution in [-0.2, 0) is 9.53 Å². The lowest BCUT2D eigenvalue weighted by Gasteiger charge is -2.22. The van der Waals surface area contributed by atoms with Gasteiger partial charge < -0.3 is 15.4 Å². The largest absolute Gasteiger partial charge is 0.378 e. The van der Waals surface area contributed by atoms with Crippen LogP contribution in [0, 0.1) is 5.82 Å². The Hall–Kier alpha value is -1.17. The van der Waals surface area contributed by atoms with Gasteiger partial charge in [-0.1, -0.05) is 12.1 Å². The SMILES string of the molecule is Cl.O=C(Nc1ccccc1F)C1COCCN1. The number of amides is 1. The highest BCUT2D eigenvalue weighted by Gasteiger charge is 2.21. The zero-order chi connectivity index (χ0) is 11.4. The van der Waals surface area contributed by atoms with Gasteiger partial charge in [0.2, 0.25) is 5.91 Å². The zero-order valence-corrected chi connectivity index (χ0v) is 9.93. The van der Waals surface area contributed by atoms with Gasteiger partial charge in [-0.2, -0.15) is 0 Å². The number of hydrogen-bond acceptors (Lipinski definition) is 3. The second-order valence-electron chi connectivity index (χ2n) is 3.55. The van der Waals surface area contributed by atoms with Gasteiger partial charge in [-0.15, -0.1) is 12.4 Å². The number of carbonyl (C=O) groups is 1. The highest BCUT2D eigenvalue weighted by atomic mass is 35.5. The van der Waals surface area contributed by atoms with E-state index in [1.807, 2.05) is 0 Å². The lowest BCUT2D eigenvalue weighted by atomic mass is 10.2. The first-order chi connectivity index (χ1) is 7.77. The second kappa shape index (κ2) is 6.54. The van der Waals surface area contributed by atoms with E-state index in [-0.39, 0.29) is 24.0 Å². The molecule has 1 saturated heterocycles. The number of nitrogens with one attached hydrogen (secondary N) is 2. The summed E-state index contributed by atoms with van der Waals surface area (Å²) in [5.41, 5.74) is 0.194. The number of ether oxygens (including phenoxy) is 1. The summed E-state index contributed by atoms with van der Waals surface area (Å²) >= 11 is 0. The van der Waals surface area contributed by atoms with E-state index >= 15 is 0 Å². The predicted octanol–water partition coefficient (Wildman–Crippen LogP) is 1.17. The maximum Gasteiger partial charge on any atom is 0.243 e. The molecule has 0 bridgehead atoms. The van der Waals surface area contributed by atoms with Crippen molar-refractivity contribution in [2.24, 2.45) is 0 Å². The van der Waals surface area contributed by atoms with Crippen molar-refractivity contribution in [2.75, 3.05) is 25.1 Å². The molecule has 1 aromatic rings. The van der Waals surface area contributed by atoms with Gasteiger partial charge in [-0.3, -0.25) is 4.79 Å². The molecule has 2 N–H and O–H groups in total. The maximum atomic E-state index is 13.3. The van der Waals surface area contributed by atoms with Crippen LogP contribution in [0.4, 0.5) is 10.1 Å².